The number of carbonyl (C=O) groups is 1. The summed E-state index contributed by atoms with van der Waals surface area (Å²) in [6.07, 6.45) is 3.90. The van der Waals surface area contributed by atoms with E-state index >= 15 is 0 Å². The van der Waals surface area contributed by atoms with Crippen molar-refractivity contribution in [1.29, 1.82) is 0 Å². The second kappa shape index (κ2) is 6.40. The number of benzene rings is 1. The van der Waals surface area contributed by atoms with E-state index in [0.717, 1.165) is 42.8 Å². The Morgan fingerprint density at radius 1 is 1.42 bits per heavy atom. The van der Waals surface area contributed by atoms with Crippen LogP contribution in [0.2, 0.25) is 5.02 Å². The second-order valence-electron chi connectivity index (χ2n) is 5.34. The van der Waals surface area contributed by atoms with Crippen molar-refractivity contribution in [3.8, 4) is 0 Å². The molecule has 1 aromatic rings. The monoisotopic (exact) mass is 281 g/mol. The standard InChI is InChI=1S/C15H20ClNO2/c1-17(10-11-5-4-6-12(16)9-11)14-8-3-2-7-13(14)15(18)19/h4-6,9,13-14H,2-3,7-8,10H2,1H3,(H,18,19). The zero-order valence-corrected chi connectivity index (χ0v) is 11.9. The molecule has 4 heteroatoms. The fraction of sp³-hybridized carbons (Fsp3) is 0.533. The van der Waals surface area contributed by atoms with E-state index in [1.165, 1.54) is 0 Å². The maximum atomic E-state index is 11.3. The second-order valence-corrected chi connectivity index (χ2v) is 5.78. The minimum Gasteiger partial charge on any atom is -0.481 e. The average molecular weight is 282 g/mol. The summed E-state index contributed by atoms with van der Waals surface area (Å²) >= 11 is 5.98. The summed E-state index contributed by atoms with van der Waals surface area (Å²) in [7, 11) is 2.01. The molecule has 3 nitrogen and oxygen atoms in total. The van der Waals surface area contributed by atoms with Crippen LogP contribution >= 0.6 is 11.6 Å². The molecule has 0 saturated heterocycles. The zero-order valence-electron chi connectivity index (χ0n) is 11.2. The normalized spacial score (nSPS) is 23.5. The van der Waals surface area contributed by atoms with Gasteiger partial charge in [0.1, 0.15) is 0 Å². The lowest BCUT2D eigenvalue weighted by molar-refractivity contribution is -0.145. The van der Waals surface area contributed by atoms with Gasteiger partial charge in [-0.1, -0.05) is 36.6 Å². The van der Waals surface area contributed by atoms with E-state index in [9.17, 15) is 9.90 Å². The van der Waals surface area contributed by atoms with Crippen molar-refractivity contribution in [3.05, 3.63) is 34.9 Å². The molecule has 19 heavy (non-hydrogen) atoms. The first kappa shape index (κ1) is 14.4. The van der Waals surface area contributed by atoms with Gasteiger partial charge < -0.3 is 5.11 Å². The van der Waals surface area contributed by atoms with Crippen molar-refractivity contribution < 1.29 is 9.90 Å². The molecule has 0 radical (unpaired) electrons. The van der Waals surface area contributed by atoms with Crippen LogP contribution in [-0.4, -0.2) is 29.1 Å². The molecule has 1 saturated carbocycles. The lowest BCUT2D eigenvalue weighted by atomic mass is 9.83. The van der Waals surface area contributed by atoms with Crippen LogP contribution in [0.1, 0.15) is 31.2 Å². The fourth-order valence-electron chi connectivity index (χ4n) is 2.97. The molecule has 104 valence electrons. The Labute approximate surface area is 119 Å². The Bertz CT molecular complexity index is 450. The molecule has 1 aromatic carbocycles. The number of hydrogen-bond acceptors (Lipinski definition) is 2. The number of carboxylic acids is 1. The number of nitrogens with zero attached hydrogens (tertiary/aromatic N) is 1. The lowest BCUT2D eigenvalue weighted by Crippen LogP contribution is -2.43. The summed E-state index contributed by atoms with van der Waals surface area (Å²) in [5.41, 5.74) is 1.13. The molecule has 1 aliphatic rings. The first-order valence-electron chi connectivity index (χ1n) is 6.75. The summed E-state index contributed by atoms with van der Waals surface area (Å²) in [5.74, 6) is -0.902. The van der Waals surface area contributed by atoms with E-state index in [1.54, 1.807) is 0 Å². The number of rotatable bonds is 4. The molecule has 0 aromatic heterocycles. The van der Waals surface area contributed by atoms with Crippen molar-refractivity contribution in [3.63, 3.8) is 0 Å². The molecule has 0 spiro atoms. The first-order valence-corrected chi connectivity index (χ1v) is 7.13. The van der Waals surface area contributed by atoms with E-state index in [4.69, 9.17) is 11.6 Å². The molecule has 1 N–H and O–H groups in total. The van der Waals surface area contributed by atoms with Crippen LogP contribution in [0.15, 0.2) is 24.3 Å². The van der Waals surface area contributed by atoms with Gasteiger partial charge in [0.25, 0.3) is 0 Å². The number of hydrogen-bond donors (Lipinski definition) is 1. The average Bonchev–Trinajstić information content (AvgIpc) is 2.38. The summed E-state index contributed by atoms with van der Waals surface area (Å²) < 4.78 is 0. The van der Waals surface area contributed by atoms with Crippen LogP contribution in [-0.2, 0) is 11.3 Å². The fourth-order valence-corrected chi connectivity index (χ4v) is 3.18. The molecule has 2 atom stereocenters. The van der Waals surface area contributed by atoms with Crippen molar-refractivity contribution in [1.82, 2.24) is 4.90 Å². The molecule has 1 fully saturated rings. The smallest absolute Gasteiger partial charge is 0.308 e. The minimum atomic E-state index is -0.664. The maximum absolute atomic E-state index is 11.3. The summed E-state index contributed by atoms with van der Waals surface area (Å²) in [6.45, 7) is 0.745. The summed E-state index contributed by atoms with van der Waals surface area (Å²) in [6, 6.07) is 7.88. The Kier molecular flexibility index (Phi) is 4.83. The number of aliphatic carboxylic acids is 1. The van der Waals surface area contributed by atoms with Gasteiger partial charge in [-0.05, 0) is 37.6 Å². The van der Waals surface area contributed by atoms with Gasteiger partial charge in [-0.25, -0.2) is 0 Å². The highest BCUT2D eigenvalue weighted by molar-refractivity contribution is 6.30. The van der Waals surface area contributed by atoms with Gasteiger partial charge in [-0.15, -0.1) is 0 Å². The van der Waals surface area contributed by atoms with Crippen LogP contribution in [0.25, 0.3) is 0 Å². The van der Waals surface area contributed by atoms with Crippen LogP contribution in [0.4, 0.5) is 0 Å². The highest BCUT2D eigenvalue weighted by Gasteiger charge is 2.33. The van der Waals surface area contributed by atoms with Crippen LogP contribution in [0, 0.1) is 5.92 Å². The van der Waals surface area contributed by atoms with E-state index in [1.807, 2.05) is 31.3 Å². The molecule has 0 heterocycles. The van der Waals surface area contributed by atoms with Gasteiger partial charge in [0.05, 0.1) is 5.92 Å². The third kappa shape index (κ3) is 3.71. The maximum Gasteiger partial charge on any atom is 0.308 e. The van der Waals surface area contributed by atoms with Crippen molar-refractivity contribution in [2.24, 2.45) is 5.92 Å². The van der Waals surface area contributed by atoms with Gasteiger partial charge in [-0.3, -0.25) is 9.69 Å². The third-order valence-electron chi connectivity index (χ3n) is 3.93. The van der Waals surface area contributed by atoms with Crippen molar-refractivity contribution >= 4 is 17.6 Å². The quantitative estimate of drug-likeness (QED) is 0.919. The van der Waals surface area contributed by atoms with Crippen LogP contribution in [0.5, 0.6) is 0 Å². The van der Waals surface area contributed by atoms with Gasteiger partial charge >= 0.3 is 5.97 Å². The van der Waals surface area contributed by atoms with E-state index in [0.29, 0.717) is 0 Å². The molecule has 0 bridgehead atoms. The molecule has 0 aliphatic heterocycles. The van der Waals surface area contributed by atoms with Crippen molar-refractivity contribution in [2.45, 2.75) is 38.3 Å². The molecular formula is C15H20ClNO2. The number of carboxylic acid groups (broad SMARTS) is 1. The molecule has 2 unspecified atom stereocenters. The molecular weight excluding hydrogens is 262 g/mol. The topological polar surface area (TPSA) is 40.5 Å². The Hall–Kier alpha value is -1.06. The van der Waals surface area contributed by atoms with Crippen LogP contribution in [0.3, 0.4) is 0 Å². The minimum absolute atomic E-state index is 0.130. The third-order valence-corrected chi connectivity index (χ3v) is 4.17. The Morgan fingerprint density at radius 3 is 2.84 bits per heavy atom. The molecule has 1 aliphatic carbocycles. The van der Waals surface area contributed by atoms with E-state index < -0.39 is 5.97 Å². The largest absolute Gasteiger partial charge is 0.481 e. The van der Waals surface area contributed by atoms with Gasteiger partial charge in [-0.2, -0.15) is 0 Å². The summed E-state index contributed by atoms with van der Waals surface area (Å²) in [4.78, 5) is 13.5. The molecule has 2 rings (SSSR count). The predicted octanol–water partition coefficient (Wildman–Crippen LogP) is 3.42. The summed E-state index contributed by atoms with van der Waals surface area (Å²) in [5, 5.41) is 10.0. The molecule has 0 amide bonds. The van der Waals surface area contributed by atoms with Crippen molar-refractivity contribution in [2.75, 3.05) is 7.05 Å². The van der Waals surface area contributed by atoms with E-state index in [2.05, 4.69) is 4.90 Å². The van der Waals surface area contributed by atoms with Crippen LogP contribution < -0.4 is 0 Å². The number of halogens is 1. The lowest BCUT2D eigenvalue weighted by Gasteiger charge is -2.35. The van der Waals surface area contributed by atoms with Gasteiger partial charge in [0, 0.05) is 17.6 Å². The van der Waals surface area contributed by atoms with Gasteiger partial charge in [0.15, 0.2) is 0 Å². The van der Waals surface area contributed by atoms with Gasteiger partial charge in [0.2, 0.25) is 0 Å². The SMILES string of the molecule is CN(Cc1cccc(Cl)c1)C1CCCCC1C(=O)O. The van der Waals surface area contributed by atoms with E-state index in [-0.39, 0.29) is 12.0 Å². The first-order chi connectivity index (χ1) is 9.08. The Morgan fingerprint density at radius 2 is 2.16 bits per heavy atom. The predicted molar refractivity (Wildman–Crippen MR) is 76.3 cm³/mol. The zero-order chi connectivity index (χ0) is 13.8. The highest BCUT2D eigenvalue weighted by atomic mass is 35.5. The highest BCUT2D eigenvalue weighted by Crippen LogP contribution is 2.29. The Balaban J connectivity index is 2.05.